The van der Waals surface area contributed by atoms with Crippen LogP contribution >= 0.6 is 11.8 Å². The van der Waals surface area contributed by atoms with Gasteiger partial charge in [0, 0.05) is 26.2 Å². The van der Waals surface area contributed by atoms with Gasteiger partial charge in [0.15, 0.2) is 0 Å². The zero-order valence-corrected chi connectivity index (χ0v) is 14.3. The highest BCUT2D eigenvalue weighted by atomic mass is 32.2. The fourth-order valence-electron chi connectivity index (χ4n) is 2.90. The molecule has 0 spiro atoms. The molecule has 2 rings (SSSR count). The molecule has 3 N–H and O–H groups in total. The molecule has 0 saturated carbocycles. The summed E-state index contributed by atoms with van der Waals surface area (Å²) in [5.74, 6) is -0.0223. The molecule has 0 aliphatic carbocycles. The number of thioether (sulfide) groups is 1. The predicted molar refractivity (Wildman–Crippen MR) is 94.1 cm³/mol. The number of nitrogens with one attached hydrogen (secondary N) is 1. The minimum Gasteiger partial charge on any atom is -0.355 e. The summed E-state index contributed by atoms with van der Waals surface area (Å²) in [6.07, 6.45) is 3.64. The van der Waals surface area contributed by atoms with Crippen molar-refractivity contribution in [3.8, 4) is 0 Å². The minimum absolute atomic E-state index is 0.00774. The van der Waals surface area contributed by atoms with Crippen LogP contribution in [0.1, 0.15) is 23.7 Å². The van der Waals surface area contributed by atoms with Crippen LogP contribution in [-0.2, 0) is 9.59 Å². The largest absolute Gasteiger partial charge is 0.355 e. The summed E-state index contributed by atoms with van der Waals surface area (Å²) in [5, 5.41) is 2.62. The number of piperidine rings is 1. The second-order valence-electron chi connectivity index (χ2n) is 5.73. The molecule has 23 heavy (non-hydrogen) atoms. The molecule has 1 saturated heterocycles. The first-order chi connectivity index (χ1) is 11.2. The van der Waals surface area contributed by atoms with Crippen molar-refractivity contribution < 1.29 is 9.59 Å². The van der Waals surface area contributed by atoms with Crippen molar-refractivity contribution in [1.82, 2.24) is 10.2 Å². The van der Waals surface area contributed by atoms with E-state index in [4.69, 9.17) is 5.73 Å². The van der Waals surface area contributed by atoms with E-state index >= 15 is 0 Å². The average molecular weight is 335 g/mol. The normalized spacial score (nSPS) is 19.2. The Kier molecular flexibility index (Phi) is 6.92. The molecular weight excluding hydrogens is 310 g/mol. The zero-order chi connectivity index (χ0) is 16.7. The third-order valence-corrected chi connectivity index (χ3v) is 5.05. The van der Waals surface area contributed by atoms with Crippen LogP contribution in [0.3, 0.4) is 0 Å². The number of rotatable bonds is 6. The van der Waals surface area contributed by atoms with E-state index in [0.717, 1.165) is 24.9 Å². The van der Waals surface area contributed by atoms with Crippen molar-refractivity contribution in [1.29, 1.82) is 0 Å². The van der Waals surface area contributed by atoms with Crippen molar-refractivity contribution in [3.05, 3.63) is 35.9 Å². The fraction of sp³-hybridized carbons (Fsp3) is 0.529. The lowest BCUT2D eigenvalue weighted by Crippen LogP contribution is -2.47. The second kappa shape index (κ2) is 8.93. The molecule has 2 amide bonds. The number of hydrogen-bond acceptors (Lipinski definition) is 4. The maximum atomic E-state index is 12.9. The maximum Gasteiger partial charge on any atom is 0.240 e. The Bertz CT molecular complexity index is 524. The summed E-state index contributed by atoms with van der Waals surface area (Å²) >= 11 is 1.54. The van der Waals surface area contributed by atoms with Gasteiger partial charge in [-0.1, -0.05) is 30.3 Å². The predicted octanol–water partition coefficient (Wildman–Crippen LogP) is 1.40. The van der Waals surface area contributed by atoms with E-state index in [2.05, 4.69) is 5.32 Å². The van der Waals surface area contributed by atoms with Crippen molar-refractivity contribution in [2.24, 2.45) is 11.7 Å². The molecule has 0 aromatic heterocycles. The molecule has 2 unspecified atom stereocenters. The second-order valence-corrected chi connectivity index (χ2v) is 6.67. The maximum absolute atomic E-state index is 12.9. The molecular formula is C17H25N3O2S. The molecule has 6 heteroatoms. The number of nitrogens with two attached hydrogens (primary N) is 1. The van der Waals surface area contributed by atoms with Gasteiger partial charge in [-0.15, -0.1) is 11.8 Å². The molecule has 1 aliphatic rings. The highest BCUT2D eigenvalue weighted by Crippen LogP contribution is 2.30. The van der Waals surface area contributed by atoms with Gasteiger partial charge in [-0.05, 0) is 24.7 Å². The zero-order valence-electron chi connectivity index (χ0n) is 13.5. The van der Waals surface area contributed by atoms with Crippen LogP contribution in [0.2, 0.25) is 0 Å². The molecule has 1 aromatic carbocycles. The molecule has 1 aromatic rings. The number of nitrogens with zero attached hydrogens (tertiary/aromatic N) is 1. The number of carbonyl (C=O) groups excluding carboxylic acids is 2. The van der Waals surface area contributed by atoms with Gasteiger partial charge in [0.2, 0.25) is 11.8 Å². The van der Waals surface area contributed by atoms with Crippen LogP contribution in [0.5, 0.6) is 0 Å². The molecule has 126 valence electrons. The van der Waals surface area contributed by atoms with E-state index in [1.807, 2.05) is 41.5 Å². The third-order valence-electron chi connectivity index (χ3n) is 4.11. The van der Waals surface area contributed by atoms with Crippen LogP contribution in [-0.4, -0.2) is 49.1 Å². The van der Waals surface area contributed by atoms with E-state index in [1.165, 1.54) is 11.8 Å². The first kappa shape index (κ1) is 17.8. The number of likely N-dealkylation sites (tertiary alicyclic amines) is 1. The number of benzene rings is 1. The van der Waals surface area contributed by atoms with E-state index in [0.29, 0.717) is 19.6 Å². The number of amides is 2. The Hall–Kier alpha value is -1.53. The monoisotopic (exact) mass is 335 g/mol. The van der Waals surface area contributed by atoms with E-state index in [1.54, 1.807) is 0 Å². The molecule has 1 aliphatic heterocycles. The van der Waals surface area contributed by atoms with E-state index in [-0.39, 0.29) is 23.0 Å². The lowest BCUT2D eigenvalue weighted by Gasteiger charge is -2.34. The molecule has 1 fully saturated rings. The van der Waals surface area contributed by atoms with Gasteiger partial charge in [-0.3, -0.25) is 9.59 Å². The molecule has 2 atom stereocenters. The first-order valence-corrected chi connectivity index (χ1v) is 9.30. The summed E-state index contributed by atoms with van der Waals surface area (Å²) in [7, 11) is 0. The Balaban J connectivity index is 2.02. The molecule has 1 heterocycles. The highest BCUT2D eigenvalue weighted by molar-refractivity contribution is 7.99. The highest BCUT2D eigenvalue weighted by Gasteiger charge is 2.32. The lowest BCUT2D eigenvalue weighted by molar-refractivity contribution is -0.135. The van der Waals surface area contributed by atoms with Crippen LogP contribution in [0.4, 0.5) is 0 Å². The van der Waals surface area contributed by atoms with E-state index in [9.17, 15) is 9.59 Å². The van der Waals surface area contributed by atoms with Crippen LogP contribution in [0.25, 0.3) is 0 Å². The van der Waals surface area contributed by atoms with Crippen molar-refractivity contribution in [2.45, 2.75) is 18.1 Å². The summed E-state index contributed by atoms with van der Waals surface area (Å²) in [5.41, 5.74) is 6.44. The van der Waals surface area contributed by atoms with Crippen molar-refractivity contribution >= 4 is 23.6 Å². The van der Waals surface area contributed by atoms with Gasteiger partial charge in [-0.25, -0.2) is 0 Å². The minimum atomic E-state index is -0.206. The average Bonchev–Trinajstić information content (AvgIpc) is 2.61. The smallest absolute Gasteiger partial charge is 0.240 e. The van der Waals surface area contributed by atoms with Crippen LogP contribution < -0.4 is 11.1 Å². The van der Waals surface area contributed by atoms with Crippen molar-refractivity contribution in [2.75, 3.05) is 32.4 Å². The van der Waals surface area contributed by atoms with Crippen molar-refractivity contribution in [3.63, 3.8) is 0 Å². The number of hydrogen-bond donors (Lipinski definition) is 2. The third kappa shape index (κ3) is 4.72. The summed E-state index contributed by atoms with van der Waals surface area (Å²) < 4.78 is 0. The first-order valence-electron chi connectivity index (χ1n) is 8.01. The standard InChI is InChI=1S/C17H25N3O2S/c1-23-15(13-6-3-2-4-7-13)17(22)20-11-5-8-14(12-20)16(21)19-10-9-18/h2-4,6-7,14-15H,5,8-12,18H2,1H3,(H,19,21). The van der Waals surface area contributed by atoms with Gasteiger partial charge >= 0.3 is 0 Å². The summed E-state index contributed by atoms with van der Waals surface area (Å²) in [6.45, 7) is 2.15. The molecule has 0 radical (unpaired) electrons. The Morgan fingerprint density at radius 2 is 2.13 bits per heavy atom. The van der Waals surface area contributed by atoms with Crippen LogP contribution in [0.15, 0.2) is 30.3 Å². The summed E-state index contributed by atoms with van der Waals surface area (Å²) in [6, 6.07) is 9.81. The Labute approximate surface area is 142 Å². The van der Waals surface area contributed by atoms with Gasteiger partial charge in [0.05, 0.1) is 5.92 Å². The lowest BCUT2D eigenvalue weighted by atomic mass is 9.96. The number of carbonyl (C=O) groups is 2. The SMILES string of the molecule is CSC(C(=O)N1CCCC(C(=O)NCCN)C1)c1ccccc1. The van der Waals surface area contributed by atoms with Gasteiger partial charge in [0.1, 0.15) is 5.25 Å². The molecule has 5 nitrogen and oxygen atoms in total. The topological polar surface area (TPSA) is 75.4 Å². The summed E-state index contributed by atoms with van der Waals surface area (Å²) in [4.78, 5) is 26.8. The van der Waals surface area contributed by atoms with Crippen LogP contribution in [0, 0.1) is 5.92 Å². The van der Waals surface area contributed by atoms with Gasteiger partial charge in [0.25, 0.3) is 0 Å². The van der Waals surface area contributed by atoms with E-state index < -0.39 is 0 Å². The Morgan fingerprint density at radius 3 is 2.78 bits per heavy atom. The van der Waals surface area contributed by atoms with Gasteiger partial charge < -0.3 is 16.0 Å². The quantitative estimate of drug-likeness (QED) is 0.824. The van der Waals surface area contributed by atoms with Gasteiger partial charge in [-0.2, -0.15) is 0 Å². The Morgan fingerprint density at radius 1 is 1.39 bits per heavy atom. The fourth-order valence-corrected chi connectivity index (χ4v) is 3.68. The molecule has 0 bridgehead atoms.